The quantitative estimate of drug-likeness (QED) is 0.359. The molecule has 1 aromatic carbocycles. The summed E-state index contributed by atoms with van der Waals surface area (Å²) < 4.78 is 90.8. The molecule has 10 nitrogen and oxygen atoms in total. The normalized spacial score (nSPS) is 14.5. The molecule has 0 fully saturated rings. The molecule has 0 bridgehead atoms. The average Bonchev–Trinajstić information content (AvgIpc) is 3.19. The topological polar surface area (TPSA) is 120 Å². The van der Waals surface area contributed by atoms with Gasteiger partial charge in [-0.25, -0.2) is 13.7 Å². The van der Waals surface area contributed by atoms with Crippen molar-refractivity contribution in [2.75, 3.05) is 18.1 Å². The van der Waals surface area contributed by atoms with Crippen LogP contribution in [0.1, 0.15) is 35.1 Å². The number of aromatic nitrogens is 3. The smallest absolute Gasteiger partial charge is 0.292 e. The number of carbonyl (C=O) groups is 1. The molecule has 3 heterocycles. The molecule has 0 saturated heterocycles. The van der Waals surface area contributed by atoms with E-state index in [0.717, 1.165) is 21.7 Å². The molecular formula is C21H19F5N6O4S. The Balaban J connectivity index is 1.48. The lowest BCUT2D eigenvalue weighted by molar-refractivity contribution is -0.0471. The first-order valence-corrected chi connectivity index (χ1v) is 12.3. The number of aromatic amines is 1. The number of hydrogen-bond donors (Lipinski definition) is 1. The highest BCUT2D eigenvalue weighted by Crippen LogP contribution is 2.28. The van der Waals surface area contributed by atoms with Crippen molar-refractivity contribution in [3.05, 3.63) is 63.3 Å². The number of rotatable bonds is 7. The molecule has 0 spiro atoms. The number of alkyl halides is 3. The number of ketones is 1. The van der Waals surface area contributed by atoms with Gasteiger partial charge in [0.05, 0.1) is 30.7 Å². The Bertz CT molecular complexity index is 1560. The second-order valence-electron chi connectivity index (χ2n) is 8.01. The summed E-state index contributed by atoms with van der Waals surface area (Å²) in [6, 6.07) is 3.93. The minimum atomic E-state index is -5.59. The molecule has 0 saturated carbocycles. The fourth-order valence-corrected chi connectivity index (χ4v) is 4.54. The molecule has 1 aliphatic heterocycles. The highest BCUT2D eigenvalue weighted by molar-refractivity contribution is 7.90. The van der Waals surface area contributed by atoms with E-state index in [0.29, 0.717) is 24.0 Å². The highest BCUT2D eigenvalue weighted by Gasteiger charge is 2.50. The van der Waals surface area contributed by atoms with Gasteiger partial charge in [0.25, 0.3) is 5.56 Å². The minimum Gasteiger partial charge on any atom is -0.292 e. The molecule has 0 amide bonds. The van der Waals surface area contributed by atoms with E-state index in [1.54, 1.807) is 6.92 Å². The zero-order chi connectivity index (χ0) is 27.1. The first kappa shape index (κ1) is 26.2. The Labute approximate surface area is 206 Å². The number of benzene rings is 1. The van der Waals surface area contributed by atoms with Gasteiger partial charge in [0.2, 0.25) is 11.6 Å². The number of fused-ring (bicyclic) bond motifs is 1. The number of imidazole rings is 1. The van der Waals surface area contributed by atoms with Crippen LogP contribution in [0.15, 0.2) is 34.3 Å². The highest BCUT2D eigenvalue weighted by atomic mass is 32.2. The lowest BCUT2D eigenvalue weighted by atomic mass is 10.0. The van der Waals surface area contributed by atoms with Crippen molar-refractivity contribution < 1.29 is 35.2 Å². The van der Waals surface area contributed by atoms with E-state index in [4.69, 9.17) is 0 Å². The van der Waals surface area contributed by atoms with Crippen LogP contribution in [0, 0.1) is 11.6 Å². The lowest BCUT2D eigenvalue weighted by Gasteiger charge is -2.29. The number of aryl methyl sites for hydroxylation is 2. The van der Waals surface area contributed by atoms with Crippen molar-refractivity contribution in [1.82, 2.24) is 18.7 Å². The number of halogens is 5. The molecule has 1 N–H and O–H groups in total. The number of carbonyl (C=O) groups excluding carboxylic acids is 1. The standard InChI is InChI=1S/C21H19F5N6O4S/c1-2-15-18(31-10-14(23)19(34)29-20(31)28-15)17(33)6-4-12-3-5-16(13(22)9-12)32-8-7-30(11-27-32)37(35,36)21(24,25)26/h3,5,9-11H,2,4,6-8H2,1H3,(H,28,29,34). The molecule has 1 aliphatic rings. The molecule has 16 heteroatoms. The fraction of sp³-hybridized carbons (Fsp3) is 0.333. The van der Waals surface area contributed by atoms with Crippen LogP contribution in [0.4, 0.5) is 27.6 Å². The van der Waals surface area contributed by atoms with Gasteiger partial charge in [-0.15, -0.1) is 0 Å². The summed E-state index contributed by atoms with van der Waals surface area (Å²) in [4.78, 5) is 30.8. The van der Waals surface area contributed by atoms with Crippen molar-refractivity contribution in [3.63, 3.8) is 0 Å². The summed E-state index contributed by atoms with van der Waals surface area (Å²) >= 11 is 0. The summed E-state index contributed by atoms with van der Waals surface area (Å²) in [5.74, 6) is -2.26. The van der Waals surface area contributed by atoms with Crippen LogP contribution >= 0.6 is 0 Å². The van der Waals surface area contributed by atoms with Gasteiger partial charge >= 0.3 is 15.5 Å². The van der Waals surface area contributed by atoms with E-state index in [-0.39, 0.29) is 40.9 Å². The van der Waals surface area contributed by atoms with Crippen LogP contribution in [0.2, 0.25) is 0 Å². The third-order valence-electron chi connectivity index (χ3n) is 5.65. The van der Waals surface area contributed by atoms with E-state index in [2.05, 4.69) is 15.1 Å². The minimum absolute atomic E-state index is 0.0192. The van der Waals surface area contributed by atoms with Gasteiger partial charge in [0.1, 0.15) is 17.8 Å². The number of H-pyrrole nitrogens is 1. The van der Waals surface area contributed by atoms with Gasteiger partial charge < -0.3 is 0 Å². The van der Waals surface area contributed by atoms with Crippen molar-refractivity contribution in [1.29, 1.82) is 0 Å². The Morgan fingerprint density at radius 2 is 1.89 bits per heavy atom. The van der Waals surface area contributed by atoms with Gasteiger partial charge in [-0.05, 0) is 30.5 Å². The molecule has 198 valence electrons. The molecular weight excluding hydrogens is 527 g/mol. The number of Topliss-reactive ketones (excluding diaryl/α,β-unsaturated/α-hetero) is 1. The van der Waals surface area contributed by atoms with Crippen LogP contribution in [0.5, 0.6) is 0 Å². The number of nitrogens with one attached hydrogen (secondary N) is 1. The Hall–Kier alpha value is -3.82. The third kappa shape index (κ3) is 4.92. The van der Waals surface area contributed by atoms with Crippen molar-refractivity contribution >= 4 is 33.6 Å². The van der Waals surface area contributed by atoms with Gasteiger partial charge in [-0.2, -0.15) is 31.1 Å². The predicted octanol–water partition coefficient (Wildman–Crippen LogP) is 2.59. The van der Waals surface area contributed by atoms with E-state index < -0.39 is 45.1 Å². The molecule has 3 aromatic rings. The van der Waals surface area contributed by atoms with Crippen LogP contribution in [-0.4, -0.2) is 57.8 Å². The van der Waals surface area contributed by atoms with E-state index in [1.165, 1.54) is 12.1 Å². The first-order chi connectivity index (χ1) is 17.3. The summed E-state index contributed by atoms with van der Waals surface area (Å²) in [7, 11) is -5.59. The SMILES string of the molecule is CCc1nc2[nH]c(=O)c(F)cn2c1C(=O)CCc1ccc(N2CCN(S(=O)(=O)C(F)(F)F)C=N2)c(F)c1. The van der Waals surface area contributed by atoms with Crippen LogP contribution in [0.3, 0.4) is 0 Å². The number of sulfonamides is 1. The average molecular weight is 546 g/mol. The first-order valence-electron chi connectivity index (χ1n) is 10.8. The molecule has 0 aliphatic carbocycles. The molecule has 0 unspecified atom stereocenters. The van der Waals surface area contributed by atoms with E-state index in [9.17, 15) is 40.0 Å². The van der Waals surface area contributed by atoms with Crippen molar-refractivity contribution in [2.45, 2.75) is 31.7 Å². The number of hydrazone groups is 1. The van der Waals surface area contributed by atoms with Gasteiger partial charge in [-0.1, -0.05) is 13.0 Å². The van der Waals surface area contributed by atoms with Crippen LogP contribution < -0.4 is 10.6 Å². The largest absolute Gasteiger partial charge is 0.516 e. The zero-order valence-electron chi connectivity index (χ0n) is 19.1. The second-order valence-corrected chi connectivity index (χ2v) is 9.89. The van der Waals surface area contributed by atoms with Crippen LogP contribution in [0.25, 0.3) is 5.78 Å². The summed E-state index contributed by atoms with van der Waals surface area (Å²) in [5, 5.41) is 4.64. The maximum atomic E-state index is 14.8. The van der Waals surface area contributed by atoms with Crippen molar-refractivity contribution in [2.24, 2.45) is 5.10 Å². The van der Waals surface area contributed by atoms with Gasteiger partial charge in [0.15, 0.2) is 5.78 Å². The summed E-state index contributed by atoms with van der Waals surface area (Å²) in [5.41, 5.74) is -5.67. The maximum absolute atomic E-state index is 14.8. The maximum Gasteiger partial charge on any atom is 0.516 e. The Kier molecular flexibility index (Phi) is 6.79. The number of anilines is 1. The van der Waals surface area contributed by atoms with Gasteiger partial charge in [0, 0.05) is 6.42 Å². The monoisotopic (exact) mass is 546 g/mol. The number of hydrogen-bond acceptors (Lipinski definition) is 7. The van der Waals surface area contributed by atoms with E-state index >= 15 is 0 Å². The summed E-state index contributed by atoms with van der Waals surface area (Å²) in [6.45, 7) is 0.821. The molecule has 0 atom stereocenters. The Morgan fingerprint density at radius 1 is 1.16 bits per heavy atom. The second kappa shape index (κ2) is 9.57. The van der Waals surface area contributed by atoms with E-state index in [1.807, 2.05) is 0 Å². The molecule has 0 radical (unpaired) electrons. The zero-order valence-corrected chi connectivity index (χ0v) is 19.9. The van der Waals surface area contributed by atoms with Crippen LogP contribution in [-0.2, 0) is 22.9 Å². The van der Waals surface area contributed by atoms with Gasteiger partial charge in [-0.3, -0.25) is 24.0 Å². The molecule has 4 rings (SSSR count). The third-order valence-corrected chi connectivity index (χ3v) is 7.13. The number of nitrogens with zero attached hydrogens (tertiary/aromatic N) is 5. The van der Waals surface area contributed by atoms with Crippen molar-refractivity contribution in [3.8, 4) is 0 Å². The molecule has 2 aromatic heterocycles. The fourth-order valence-electron chi connectivity index (χ4n) is 3.79. The molecule has 37 heavy (non-hydrogen) atoms. The Morgan fingerprint density at radius 3 is 2.49 bits per heavy atom. The lowest BCUT2D eigenvalue weighted by Crippen LogP contribution is -2.46. The predicted molar refractivity (Wildman–Crippen MR) is 122 cm³/mol. The summed E-state index contributed by atoms with van der Waals surface area (Å²) in [6.07, 6.45) is 1.69.